The van der Waals surface area contributed by atoms with Gasteiger partial charge < -0.3 is 10.1 Å². The van der Waals surface area contributed by atoms with Crippen LogP contribution in [-0.2, 0) is 6.61 Å². The lowest BCUT2D eigenvalue weighted by Gasteiger charge is -2.36. The molecule has 0 amide bonds. The molecule has 0 aromatic heterocycles. The van der Waals surface area contributed by atoms with E-state index in [2.05, 4.69) is 74.3 Å². The summed E-state index contributed by atoms with van der Waals surface area (Å²) in [4.78, 5) is 2.65. The summed E-state index contributed by atoms with van der Waals surface area (Å²) >= 11 is 0. The first-order chi connectivity index (χ1) is 13.0. The third-order valence-electron chi connectivity index (χ3n) is 5.38. The van der Waals surface area contributed by atoms with Gasteiger partial charge in [0.1, 0.15) is 12.4 Å². The lowest BCUT2D eigenvalue weighted by Crippen LogP contribution is -2.45. The summed E-state index contributed by atoms with van der Waals surface area (Å²) < 4.78 is 6.19. The van der Waals surface area contributed by atoms with E-state index in [0.717, 1.165) is 31.9 Å². The topological polar surface area (TPSA) is 24.5 Å². The first-order valence-corrected chi connectivity index (χ1v) is 10.3. The summed E-state index contributed by atoms with van der Waals surface area (Å²) in [6.45, 7) is 14.1. The molecule has 3 nitrogen and oxygen atoms in total. The first-order valence-electron chi connectivity index (χ1n) is 10.3. The van der Waals surface area contributed by atoms with Gasteiger partial charge in [-0.05, 0) is 48.4 Å². The Balaban J connectivity index is 1.80. The molecule has 0 aliphatic carbocycles. The third kappa shape index (κ3) is 5.33. The quantitative estimate of drug-likeness (QED) is 0.756. The van der Waals surface area contributed by atoms with E-state index < -0.39 is 0 Å². The second-order valence-electron chi connectivity index (χ2n) is 8.19. The normalized spacial score (nSPS) is 16.5. The lowest BCUT2D eigenvalue weighted by molar-refractivity contribution is 0.154. The number of ether oxygens (including phenoxy) is 1. The molecule has 0 saturated carbocycles. The minimum absolute atomic E-state index is 0.493. The highest BCUT2D eigenvalue weighted by Gasteiger charge is 2.24. The molecule has 1 N–H and O–H groups in total. The van der Waals surface area contributed by atoms with Crippen LogP contribution in [0, 0.1) is 19.8 Å². The molecular formula is C24H34N2O. The van der Waals surface area contributed by atoms with Crippen molar-refractivity contribution in [3.05, 3.63) is 64.7 Å². The third-order valence-corrected chi connectivity index (χ3v) is 5.38. The summed E-state index contributed by atoms with van der Waals surface area (Å²) in [5, 5.41) is 3.48. The smallest absolute Gasteiger partial charge is 0.125 e. The summed E-state index contributed by atoms with van der Waals surface area (Å²) in [6.07, 6.45) is 1.20. The Kier molecular flexibility index (Phi) is 6.92. The molecule has 0 bridgehead atoms. The number of nitrogens with zero attached hydrogens (tertiary/aromatic N) is 1. The summed E-state index contributed by atoms with van der Waals surface area (Å²) in [5.41, 5.74) is 5.13. The fourth-order valence-corrected chi connectivity index (χ4v) is 4.07. The molecule has 1 heterocycles. The predicted molar refractivity (Wildman–Crippen MR) is 113 cm³/mol. The maximum absolute atomic E-state index is 6.19. The molecule has 146 valence electrons. The number of aryl methyl sites for hydroxylation is 2. The van der Waals surface area contributed by atoms with Crippen LogP contribution >= 0.6 is 0 Å². The average Bonchev–Trinajstić information content (AvgIpc) is 2.66. The number of nitrogens with one attached hydrogen (secondary N) is 1. The zero-order valence-electron chi connectivity index (χ0n) is 17.3. The molecule has 3 rings (SSSR count). The second-order valence-corrected chi connectivity index (χ2v) is 8.19. The minimum atomic E-state index is 0.493. The van der Waals surface area contributed by atoms with Crippen molar-refractivity contribution in [1.82, 2.24) is 10.2 Å². The molecular weight excluding hydrogens is 332 g/mol. The Labute approximate surface area is 164 Å². The van der Waals surface area contributed by atoms with E-state index in [0.29, 0.717) is 18.6 Å². The SMILES string of the molecule is Cc1cc([C@H](CC(C)C)N2CCNCC2)cc(C)c1OCc1ccccc1. The van der Waals surface area contributed by atoms with Crippen molar-refractivity contribution >= 4 is 0 Å². The Morgan fingerprint density at radius 2 is 1.63 bits per heavy atom. The Morgan fingerprint density at radius 1 is 1.00 bits per heavy atom. The van der Waals surface area contributed by atoms with Crippen molar-refractivity contribution in [2.75, 3.05) is 26.2 Å². The van der Waals surface area contributed by atoms with Gasteiger partial charge in [-0.2, -0.15) is 0 Å². The number of hydrogen-bond donors (Lipinski definition) is 1. The van der Waals surface area contributed by atoms with Gasteiger partial charge in [0.05, 0.1) is 0 Å². The van der Waals surface area contributed by atoms with E-state index in [4.69, 9.17) is 4.74 Å². The molecule has 0 spiro atoms. The highest BCUT2D eigenvalue weighted by Crippen LogP contribution is 2.33. The number of benzene rings is 2. The van der Waals surface area contributed by atoms with Crippen molar-refractivity contribution in [2.45, 2.75) is 46.8 Å². The van der Waals surface area contributed by atoms with Gasteiger partial charge in [-0.3, -0.25) is 4.90 Å². The van der Waals surface area contributed by atoms with Crippen molar-refractivity contribution < 1.29 is 4.74 Å². The van der Waals surface area contributed by atoms with Gasteiger partial charge in [-0.25, -0.2) is 0 Å². The van der Waals surface area contributed by atoms with Crippen molar-refractivity contribution in [2.24, 2.45) is 5.92 Å². The second kappa shape index (κ2) is 9.38. The number of rotatable bonds is 7. The summed E-state index contributed by atoms with van der Waals surface area (Å²) in [5.74, 6) is 1.71. The van der Waals surface area contributed by atoms with E-state index >= 15 is 0 Å². The number of hydrogen-bond acceptors (Lipinski definition) is 3. The van der Waals surface area contributed by atoms with Gasteiger partial charge in [0, 0.05) is 32.2 Å². The average molecular weight is 367 g/mol. The zero-order valence-corrected chi connectivity index (χ0v) is 17.3. The Hall–Kier alpha value is -1.84. The van der Waals surface area contributed by atoms with Crippen LogP contribution in [0.4, 0.5) is 0 Å². The molecule has 27 heavy (non-hydrogen) atoms. The van der Waals surface area contributed by atoms with Crippen LogP contribution < -0.4 is 10.1 Å². The first kappa shape index (κ1) is 19.9. The van der Waals surface area contributed by atoms with Crippen LogP contribution in [0.15, 0.2) is 42.5 Å². The largest absolute Gasteiger partial charge is 0.488 e. The zero-order chi connectivity index (χ0) is 19.2. The van der Waals surface area contributed by atoms with Crippen LogP contribution in [0.5, 0.6) is 5.75 Å². The molecule has 1 fully saturated rings. The Morgan fingerprint density at radius 3 is 2.22 bits per heavy atom. The van der Waals surface area contributed by atoms with Crippen LogP contribution in [-0.4, -0.2) is 31.1 Å². The van der Waals surface area contributed by atoms with Gasteiger partial charge in [-0.15, -0.1) is 0 Å². The molecule has 3 heteroatoms. The van der Waals surface area contributed by atoms with Gasteiger partial charge in [-0.1, -0.05) is 56.3 Å². The predicted octanol–water partition coefficient (Wildman–Crippen LogP) is 4.87. The van der Waals surface area contributed by atoms with Gasteiger partial charge >= 0.3 is 0 Å². The monoisotopic (exact) mass is 366 g/mol. The van der Waals surface area contributed by atoms with Crippen LogP contribution in [0.1, 0.15) is 48.6 Å². The molecule has 1 aliphatic heterocycles. The highest BCUT2D eigenvalue weighted by molar-refractivity contribution is 5.44. The maximum atomic E-state index is 6.19. The van der Waals surface area contributed by atoms with E-state index in [1.54, 1.807) is 0 Å². The molecule has 1 aliphatic rings. The summed E-state index contributed by atoms with van der Waals surface area (Å²) in [7, 11) is 0. The fraction of sp³-hybridized carbons (Fsp3) is 0.500. The molecule has 1 atom stereocenters. The molecule has 0 radical (unpaired) electrons. The van der Waals surface area contributed by atoms with Crippen molar-refractivity contribution in [3.8, 4) is 5.75 Å². The highest BCUT2D eigenvalue weighted by atomic mass is 16.5. The molecule has 2 aromatic carbocycles. The fourth-order valence-electron chi connectivity index (χ4n) is 4.07. The van der Waals surface area contributed by atoms with E-state index in [9.17, 15) is 0 Å². The van der Waals surface area contributed by atoms with Crippen molar-refractivity contribution in [3.63, 3.8) is 0 Å². The lowest BCUT2D eigenvalue weighted by atomic mass is 9.92. The van der Waals surface area contributed by atoms with E-state index in [-0.39, 0.29) is 0 Å². The van der Waals surface area contributed by atoms with Gasteiger partial charge in [0.25, 0.3) is 0 Å². The maximum Gasteiger partial charge on any atom is 0.125 e. The van der Waals surface area contributed by atoms with E-state index in [1.165, 1.54) is 28.7 Å². The minimum Gasteiger partial charge on any atom is -0.488 e. The van der Waals surface area contributed by atoms with Gasteiger partial charge in [0.15, 0.2) is 0 Å². The van der Waals surface area contributed by atoms with Gasteiger partial charge in [0.2, 0.25) is 0 Å². The van der Waals surface area contributed by atoms with Crippen LogP contribution in [0.2, 0.25) is 0 Å². The van der Waals surface area contributed by atoms with Crippen molar-refractivity contribution in [1.29, 1.82) is 0 Å². The standard InChI is InChI=1S/C24H34N2O/c1-18(2)14-23(26-12-10-25-11-13-26)22-15-19(3)24(20(4)16-22)27-17-21-8-6-5-7-9-21/h5-9,15-16,18,23,25H,10-14,17H2,1-4H3/t23-/m0/s1. The summed E-state index contributed by atoms with van der Waals surface area (Å²) in [6, 6.07) is 15.6. The molecule has 1 saturated heterocycles. The van der Waals surface area contributed by atoms with Crippen LogP contribution in [0.25, 0.3) is 0 Å². The van der Waals surface area contributed by atoms with Crippen LogP contribution in [0.3, 0.4) is 0 Å². The molecule has 0 unspecified atom stereocenters. The number of piperazine rings is 1. The van der Waals surface area contributed by atoms with E-state index in [1.807, 2.05) is 6.07 Å². The Bertz CT molecular complexity index is 697. The molecule has 2 aromatic rings.